The van der Waals surface area contributed by atoms with Gasteiger partial charge in [-0.3, -0.25) is 0 Å². The van der Waals surface area contributed by atoms with Gasteiger partial charge < -0.3 is 10.2 Å². The lowest BCUT2D eigenvalue weighted by Crippen LogP contribution is -2.56. The van der Waals surface area contributed by atoms with E-state index in [1.165, 1.54) is 12.1 Å². The number of benzene rings is 1. The summed E-state index contributed by atoms with van der Waals surface area (Å²) in [6.07, 6.45) is 1.18. The maximum absolute atomic E-state index is 13.2. The number of halogens is 1. The number of anilines is 1. The van der Waals surface area contributed by atoms with Gasteiger partial charge in [0.15, 0.2) is 0 Å². The highest BCUT2D eigenvalue weighted by Crippen LogP contribution is 2.25. The zero-order valence-corrected chi connectivity index (χ0v) is 12.4. The number of piperazine rings is 1. The highest BCUT2D eigenvalue weighted by molar-refractivity contribution is 5.54. The van der Waals surface area contributed by atoms with E-state index in [2.05, 4.69) is 31.0 Å². The van der Waals surface area contributed by atoms with Gasteiger partial charge in [-0.25, -0.2) is 4.39 Å². The Morgan fingerprint density at radius 1 is 1.42 bits per heavy atom. The SMILES string of the molecule is Cc1cc(F)ccc1N1CC(CC(C)C)NCC1C. The summed E-state index contributed by atoms with van der Waals surface area (Å²) in [5, 5.41) is 3.62. The van der Waals surface area contributed by atoms with Crippen LogP contribution in [0.1, 0.15) is 32.8 Å². The first-order valence-electron chi connectivity index (χ1n) is 7.23. The lowest BCUT2D eigenvalue weighted by molar-refractivity contribution is 0.355. The summed E-state index contributed by atoms with van der Waals surface area (Å²) in [6.45, 7) is 10.7. The average Bonchev–Trinajstić information content (AvgIpc) is 2.31. The van der Waals surface area contributed by atoms with Crippen LogP contribution in [-0.4, -0.2) is 25.2 Å². The smallest absolute Gasteiger partial charge is 0.123 e. The topological polar surface area (TPSA) is 15.3 Å². The Morgan fingerprint density at radius 3 is 2.79 bits per heavy atom. The molecule has 2 atom stereocenters. The molecule has 0 saturated carbocycles. The normalized spacial score (nSPS) is 24.0. The van der Waals surface area contributed by atoms with Crippen LogP contribution in [0.5, 0.6) is 0 Å². The third-order valence-electron chi connectivity index (χ3n) is 3.88. The van der Waals surface area contributed by atoms with E-state index in [0.29, 0.717) is 18.0 Å². The molecule has 2 unspecified atom stereocenters. The van der Waals surface area contributed by atoms with Crippen molar-refractivity contribution in [2.24, 2.45) is 5.92 Å². The molecule has 2 rings (SSSR count). The fraction of sp³-hybridized carbons (Fsp3) is 0.625. The first-order valence-corrected chi connectivity index (χ1v) is 7.23. The molecule has 1 aromatic carbocycles. The van der Waals surface area contributed by atoms with E-state index < -0.39 is 0 Å². The third kappa shape index (κ3) is 3.47. The Hall–Kier alpha value is -1.09. The predicted octanol–water partition coefficient (Wildman–Crippen LogP) is 3.35. The molecule has 1 aromatic rings. The van der Waals surface area contributed by atoms with E-state index in [9.17, 15) is 4.39 Å². The van der Waals surface area contributed by atoms with E-state index in [4.69, 9.17) is 0 Å². The minimum atomic E-state index is -0.150. The van der Waals surface area contributed by atoms with Crippen molar-refractivity contribution in [1.82, 2.24) is 5.32 Å². The monoisotopic (exact) mass is 264 g/mol. The second-order valence-electron chi connectivity index (χ2n) is 6.17. The molecule has 0 spiro atoms. The van der Waals surface area contributed by atoms with E-state index in [1.54, 1.807) is 12.1 Å². The molecule has 1 N–H and O–H groups in total. The highest BCUT2D eigenvalue weighted by Gasteiger charge is 2.26. The quantitative estimate of drug-likeness (QED) is 0.900. The van der Waals surface area contributed by atoms with Crippen LogP contribution in [0, 0.1) is 18.7 Å². The lowest BCUT2D eigenvalue weighted by atomic mass is 9.99. The second-order valence-corrected chi connectivity index (χ2v) is 6.17. The van der Waals surface area contributed by atoms with E-state index in [1.807, 2.05) is 13.0 Å². The summed E-state index contributed by atoms with van der Waals surface area (Å²) in [6, 6.07) is 6.09. The summed E-state index contributed by atoms with van der Waals surface area (Å²) in [4.78, 5) is 2.42. The summed E-state index contributed by atoms with van der Waals surface area (Å²) in [5.41, 5.74) is 2.20. The van der Waals surface area contributed by atoms with Gasteiger partial charge in [0, 0.05) is 30.9 Å². The zero-order valence-electron chi connectivity index (χ0n) is 12.4. The van der Waals surface area contributed by atoms with Crippen LogP contribution in [0.3, 0.4) is 0 Å². The summed E-state index contributed by atoms with van der Waals surface area (Å²) >= 11 is 0. The molecule has 1 aliphatic heterocycles. The van der Waals surface area contributed by atoms with Crippen molar-refractivity contribution in [2.75, 3.05) is 18.0 Å². The standard InChI is InChI=1S/C16H25FN2/c1-11(2)7-15-10-19(13(4)9-18-15)16-6-5-14(17)8-12(16)3/h5-6,8,11,13,15,18H,7,9-10H2,1-4H3. The van der Waals surface area contributed by atoms with Crippen LogP contribution in [0.15, 0.2) is 18.2 Å². The first-order chi connectivity index (χ1) is 8.97. The maximum Gasteiger partial charge on any atom is 0.123 e. The van der Waals surface area contributed by atoms with Crippen molar-refractivity contribution in [1.29, 1.82) is 0 Å². The van der Waals surface area contributed by atoms with Crippen molar-refractivity contribution in [2.45, 2.75) is 46.2 Å². The number of aryl methyl sites for hydroxylation is 1. The molecular weight excluding hydrogens is 239 g/mol. The van der Waals surface area contributed by atoms with Crippen molar-refractivity contribution in [3.63, 3.8) is 0 Å². The van der Waals surface area contributed by atoms with Gasteiger partial charge in [-0.05, 0) is 49.9 Å². The Bertz CT molecular complexity index is 431. The van der Waals surface area contributed by atoms with Crippen molar-refractivity contribution >= 4 is 5.69 Å². The highest BCUT2D eigenvalue weighted by atomic mass is 19.1. The Labute approximate surface area is 116 Å². The number of rotatable bonds is 3. The van der Waals surface area contributed by atoms with E-state index in [0.717, 1.165) is 18.7 Å². The number of nitrogens with zero attached hydrogens (tertiary/aromatic N) is 1. The van der Waals surface area contributed by atoms with Gasteiger partial charge in [-0.2, -0.15) is 0 Å². The lowest BCUT2D eigenvalue weighted by Gasteiger charge is -2.41. The molecule has 0 bridgehead atoms. The number of nitrogens with one attached hydrogen (secondary N) is 1. The molecule has 19 heavy (non-hydrogen) atoms. The fourth-order valence-electron chi connectivity index (χ4n) is 2.93. The molecule has 1 aliphatic rings. The largest absolute Gasteiger partial charge is 0.366 e. The van der Waals surface area contributed by atoms with Crippen LogP contribution >= 0.6 is 0 Å². The van der Waals surface area contributed by atoms with Gasteiger partial charge in [-0.15, -0.1) is 0 Å². The molecule has 0 radical (unpaired) electrons. The van der Waals surface area contributed by atoms with E-state index in [-0.39, 0.29) is 5.82 Å². The minimum absolute atomic E-state index is 0.150. The maximum atomic E-state index is 13.2. The van der Waals surface area contributed by atoms with Gasteiger partial charge in [-0.1, -0.05) is 13.8 Å². The summed E-state index contributed by atoms with van der Waals surface area (Å²) in [5.74, 6) is 0.546. The second kappa shape index (κ2) is 5.91. The van der Waals surface area contributed by atoms with Gasteiger partial charge >= 0.3 is 0 Å². The molecular formula is C16H25FN2. The number of hydrogen-bond donors (Lipinski definition) is 1. The van der Waals surface area contributed by atoms with Gasteiger partial charge in [0.05, 0.1) is 0 Å². The zero-order chi connectivity index (χ0) is 14.0. The molecule has 106 valence electrons. The van der Waals surface area contributed by atoms with Gasteiger partial charge in [0.1, 0.15) is 5.82 Å². The molecule has 2 nitrogen and oxygen atoms in total. The summed E-state index contributed by atoms with van der Waals surface area (Å²) in [7, 11) is 0. The van der Waals surface area contributed by atoms with Gasteiger partial charge in [0.2, 0.25) is 0 Å². The molecule has 0 amide bonds. The molecule has 0 aliphatic carbocycles. The number of hydrogen-bond acceptors (Lipinski definition) is 2. The average molecular weight is 264 g/mol. The Morgan fingerprint density at radius 2 is 2.16 bits per heavy atom. The minimum Gasteiger partial charge on any atom is -0.366 e. The Kier molecular flexibility index (Phi) is 4.46. The third-order valence-corrected chi connectivity index (χ3v) is 3.88. The molecule has 1 fully saturated rings. The van der Waals surface area contributed by atoms with Crippen LogP contribution in [0.4, 0.5) is 10.1 Å². The first kappa shape index (κ1) is 14.3. The van der Waals surface area contributed by atoms with Crippen LogP contribution in [-0.2, 0) is 0 Å². The van der Waals surface area contributed by atoms with Crippen molar-refractivity contribution in [3.05, 3.63) is 29.6 Å². The van der Waals surface area contributed by atoms with Crippen molar-refractivity contribution in [3.8, 4) is 0 Å². The molecule has 3 heteroatoms. The molecule has 1 saturated heterocycles. The van der Waals surface area contributed by atoms with Gasteiger partial charge in [0.25, 0.3) is 0 Å². The fourth-order valence-corrected chi connectivity index (χ4v) is 2.93. The predicted molar refractivity (Wildman–Crippen MR) is 79.2 cm³/mol. The van der Waals surface area contributed by atoms with Crippen LogP contribution < -0.4 is 10.2 Å². The van der Waals surface area contributed by atoms with Crippen LogP contribution in [0.2, 0.25) is 0 Å². The molecule has 0 aromatic heterocycles. The summed E-state index contributed by atoms with van der Waals surface area (Å²) < 4.78 is 13.2. The molecule has 1 heterocycles. The Balaban J connectivity index is 2.16. The van der Waals surface area contributed by atoms with Crippen molar-refractivity contribution < 1.29 is 4.39 Å². The van der Waals surface area contributed by atoms with E-state index >= 15 is 0 Å². The van der Waals surface area contributed by atoms with Crippen LogP contribution in [0.25, 0.3) is 0 Å².